The predicted molar refractivity (Wildman–Crippen MR) is 118 cm³/mol. The average Bonchev–Trinajstić information content (AvgIpc) is 2.76. The summed E-state index contributed by atoms with van der Waals surface area (Å²) in [5.74, 6) is 0.422. The normalized spacial score (nSPS) is 23.6. The Labute approximate surface area is 187 Å². The van der Waals surface area contributed by atoms with Crippen LogP contribution in [0.5, 0.6) is 0 Å². The lowest BCUT2D eigenvalue weighted by atomic mass is 9.83. The third kappa shape index (κ3) is 5.07. The van der Waals surface area contributed by atoms with Crippen LogP contribution in [0.2, 0.25) is 0 Å². The standard InChI is InChI=1S/C24H31F3N4O/c1-17-14-18(16-31(15-17)22(32)7-9-30-12-10-29(2)11-13-30)19-5-6-21(24(25,26)27)23-20(19)4-3-8-28-23/h3-6,8,17-18H,7,9-16H2,1-2H3. The lowest BCUT2D eigenvalue weighted by Gasteiger charge is -2.38. The van der Waals surface area contributed by atoms with E-state index in [2.05, 4.69) is 28.8 Å². The van der Waals surface area contributed by atoms with Crippen LogP contribution in [-0.2, 0) is 11.0 Å². The fourth-order valence-corrected chi connectivity index (χ4v) is 5.04. The molecule has 2 atom stereocenters. The molecule has 0 radical (unpaired) electrons. The molecule has 0 bridgehead atoms. The lowest BCUT2D eigenvalue weighted by molar-refractivity contribution is -0.136. The Bertz CT molecular complexity index is 956. The van der Waals surface area contributed by atoms with Gasteiger partial charge in [-0.25, -0.2) is 0 Å². The zero-order chi connectivity index (χ0) is 22.9. The number of likely N-dealkylation sites (tertiary alicyclic amines) is 1. The summed E-state index contributed by atoms with van der Waals surface area (Å²) in [5, 5.41) is 0.534. The molecule has 174 valence electrons. The number of alkyl halides is 3. The quantitative estimate of drug-likeness (QED) is 0.713. The molecular weight excluding hydrogens is 417 g/mol. The van der Waals surface area contributed by atoms with Crippen molar-refractivity contribution in [1.29, 1.82) is 0 Å². The van der Waals surface area contributed by atoms with Crippen molar-refractivity contribution in [2.45, 2.75) is 31.9 Å². The minimum absolute atomic E-state index is 0.000296. The monoisotopic (exact) mass is 448 g/mol. The molecule has 2 aliphatic heterocycles. The van der Waals surface area contributed by atoms with Gasteiger partial charge in [0.2, 0.25) is 5.91 Å². The molecule has 2 saturated heterocycles. The number of hydrogen-bond donors (Lipinski definition) is 0. The summed E-state index contributed by atoms with van der Waals surface area (Å²) < 4.78 is 40.4. The first-order valence-corrected chi connectivity index (χ1v) is 11.4. The van der Waals surface area contributed by atoms with Gasteiger partial charge < -0.3 is 14.7 Å². The average molecular weight is 449 g/mol. The summed E-state index contributed by atoms with van der Waals surface area (Å²) in [6.07, 6.45) is -1.72. The van der Waals surface area contributed by atoms with E-state index >= 15 is 0 Å². The highest BCUT2D eigenvalue weighted by atomic mass is 19.4. The zero-order valence-electron chi connectivity index (χ0n) is 18.7. The maximum atomic E-state index is 13.5. The molecule has 2 fully saturated rings. The van der Waals surface area contributed by atoms with Gasteiger partial charge in [-0.15, -0.1) is 0 Å². The van der Waals surface area contributed by atoms with E-state index in [0.29, 0.717) is 24.9 Å². The Morgan fingerprint density at radius 3 is 2.59 bits per heavy atom. The molecule has 5 nitrogen and oxygen atoms in total. The molecular formula is C24H31F3N4O. The molecule has 2 unspecified atom stereocenters. The number of aromatic nitrogens is 1. The van der Waals surface area contributed by atoms with Gasteiger partial charge in [0.15, 0.2) is 0 Å². The Balaban J connectivity index is 1.50. The highest BCUT2D eigenvalue weighted by Gasteiger charge is 2.35. The summed E-state index contributed by atoms with van der Waals surface area (Å²) in [6, 6.07) is 6.12. The van der Waals surface area contributed by atoms with Gasteiger partial charge >= 0.3 is 6.18 Å². The molecule has 4 rings (SSSR count). The van der Waals surface area contributed by atoms with Crippen molar-refractivity contribution >= 4 is 16.8 Å². The van der Waals surface area contributed by atoms with Crippen molar-refractivity contribution in [3.8, 4) is 0 Å². The van der Waals surface area contributed by atoms with Crippen molar-refractivity contribution < 1.29 is 18.0 Å². The maximum Gasteiger partial charge on any atom is 0.418 e. The number of rotatable bonds is 4. The number of halogens is 3. The number of pyridine rings is 1. The number of hydrogen-bond acceptors (Lipinski definition) is 4. The second-order valence-electron chi connectivity index (χ2n) is 9.33. The number of nitrogens with zero attached hydrogens (tertiary/aromatic N) is 4. The summed E-state index contributed by atoms with van der Waals surface area (Å²) in [6.45, 7) is 8.11. The van der Waals surface area contributed by atoms with Gasteiger partial charge in [0.05, 0.1) is 11.1 Å². The Morgan fingerprint density at radius 2 is 1.88 bits per heavy atom. The smallest absolute Gasteiger partial charge is 0.342 e. The highest BCUT2D eigenvalue weighted by Crippen LogP contribution is 2.39. The molecule has 0 aliphatic carbocycles. The van der Waals surface area contributed by atoms with Gasteiger partial charge in [0, 0.05) is 69.7 Å². The van der Waals surface area contributed by atoms with E-state index in [0.717, 1.165) is 50.8 Å². The van der Waals surface area contributed by atoms with Gasteiger partial charge in [-0.1, -0.05) is 19.1 Å². The van der Waals surface area contributed by atoms with Crippen molar-refractivity contribution in [3.63, 3.8) is 0 Å². The van der Waals surface area contributed by atoms with E-state index in [1.807, 2.05) is 4.90 Å². The molecule has 8 heteroatoms. The van der Waals surface area contributed by atoms with Crippen molar-refractivity contribution in [3.05, 3.63) is 41.6 Å². The van der Waals surface area contributed by atoms with E-state index in [1.165, 1.54) is 6.20 Å². The molecule has 0 N–H and O–H groups in total. The number of likely N-dealkylation sites (N-methyl/N-ethyl adjacent to an activating group) is 1. The summed E-state index contributed by atoms with van der Waals surface area (Å²) in [7, 11) is 2.11. The van der Waals surface area contributed by atoms with E-state index in [-0.39, 0.29) is 23.3 Å². The van der Waals surface area contributed by atoms with Gasteiger partial charge in [0.1, 0.15) is 0 Å². The largest absolute Gasteiger partial charge is 0.418 e. The summed E-state index contributed by atoms with van der Waals surface area (Å²) >= 11 is 0. The van der Waals surface area contributed by atoms with E-state index < -0.39 is 11.7 Å². The third-order valence-corrected chi connectivity index (χ3v) is 6.80. The number of amides is 1. The van der Waals surface area contributed by atoms with Crippen LogP contribution in [0.3, 0.4) is 0 Å². The molecule has 1 aromatic carbocycles. The second-order valence-corrected chi connectivity index (χ2v) is 9.33. The summed E-state index contributed by atoms with van der Waals surface area (Å²) in [4.78, 5) is 23.6. The first-order chi connectivity index (χ1) is 15.2. The molecule has 1 amide bonds. The van der Waals surface area contributed by atoms with Gasteiger partial charge in [-0.2, -0.15) is 13.2 Å². The number of piperidine rings is 1. The van der Waals surface area contributed by atoms with E-state index in [1.54, 1.807) is 18.2 Å². The van der Waals surface area contributed by atoms with Crippen LogP contribution in [0.4, 0.5) is 13.2 Å². The highest BCUT2D eigenvalue weighted by molar-refractivity contribution is 5.86. The number of carbonyl (C=O) groups is 1. The van der Waals surface area contributed by atoms with E-state index in [4.69, 9.17) is 0 Å². The first kappa shape index (κ1) is 23.0. The molecule has 0 saturated carbocycles. The minimum Gasteiger partial charge on any atom is -0.342 e. The molecule has 32 heavy (non-hydrogen) atoms. The van der Waals surface area contributed by atoms with Crippen LogP contribution in [-0.4, -0.2) is 78.5 Å². The first-order valence-electron chi connectivity index (χ1n) is 11.4. The SMILES string of the molecule is CC1CC(c2ccc(C(F)(F)F)c3ncccc23)CN(C(=O)CCN2CCN(C)CC2)C1. The van der Waals surface area contributed by atoms with E-state index in [9.17, 15) is 18.0 Å². The number of carbonyl (C=O) groups excluding carboxylic acids is 1. The molecule has 2 aliphatic rings. The minimum atomic E-state index is -4.45. The Hall–Kier alpha value is -2.19. The second kappa shape index (κ2) is 9.35. The fourth-order valence-electron chi connectivity index (χ4n) is 5.04. The van der Waals surface area contributed by atoms with Gasteiger partial charge in [0.25, 0.3) is 0 Å². The maximum absolute atomic E-state index is 13.5. The zero-order valence-corrected chi connectivity index (χ0v) is 18.7. The molecule has 2 aromatic rings. The summed E-state index contributed by atoms with van der Waals surface area (Å²) in [5.41, 5.74) is 0.133. The Kier molecular flexibility index (Phi) is 6.72. The predicted octanol–water partition coefficient (Wildman–Crippen LogP) is 3.84. The van der Waals surface area contributed by atoms with Crippen LogP contribution in [0.1, 0.15) is 36.8 Å². The lowest BCUT2D eigenvalue weighted by Crippen LogP contribution is -2.47. The van der Waals surface area contributed by atoms with Crippen LogP contribution in [0, 0.1) is 5.92 Å². The van der Waals surface area contributed by atoms with Gasteiger partial charge in [-0.05, 0) is 37.1 Å². The van der Waals surface area contributed by atoms with Crippen molar-refractivity contribution in [2.24, 2.45) is 5.92 Å². The Morgan fingerprint density at radius 1 is 1.12 bits per heavy atom. The molecule has 3 heterocycles. The number of fused-ring (bicyclic) bond motifs is 1. The van der Waals surface area contributed by atoms with Crippen molar-refractivity contribution in [2.75, 3.05) is 52.9 Å². The van der Waals surface area contributed by atoms with Crippen LogP contribution in [0.15, 0.2) is 30.5 Å². The molecule has 1 aromatic heterocycles. The number of piperazine rings is 1. The fraction of sp³-hybridized carbons (Fsp3) is 0.583. The van der Waals surface area contributed by atoms with Gasteiger partial charge in [-0.3, -0.25) is 9.78 Å². The van der Waals surface area contributed by atoms with Crippen molar-refractivity contribution in [1.82, 2.24) is 19.7 Å². The molecule has 0 spiro atoms. The number of benzene rings is 1. The van der Waals surface area contributed by atoms with Crippen LogP contribution in [0.25, 0.3) is 10.9 Å². The third-order valence-electron chi connectivity index (χ3n) is 6.80. The van der Waals surface area contributed by atoms with Crippen LogP contribution < -0.4 is 0 Å². The van der Waals surface area contributed by atoms with Crippen LogP contribution >= 0.6 is 0 Å². The topological polar surface area (TPSA) is 39.7 Å².